The lowest BCUT2D eigenvalue weighted by molar-refractivity contribution is -0.128. The lowest BCUT2D eigenvalue weighted by atomic mass is 9.90. The molecule has 0 radical (unpaired) electrons. The first-order chi connectivity index (χ1) is 17.6. The van der Waals surface area contributed by atoms with E-state index in [2.05, 4.69) is 20.9 Å². The lowest BCUT2D eigenvalue weighted by Gasteiger charge is -2.31. The van der Waals surface area contributed by atoms with Gasteiger partial charge in [0, 0.05) is 18.4 Å². The van der Waals surface area contributed by atoms with Gasteiger partial charge in [-0.3, -0.25) is 9.59 Å². The largest absolute Gasteiger partial charge is 0.505 e. The van der Waals surface area contributed by atoms with Gasteiger partial charge in [-0.25, -0.2) is 9.78 Å². The summed E-state index contributed by atoms with van der Waals surface area (Å²) in [6.45, 7) is 5.53. The lowest BCUT2D eigenvalue weighted by Crippen LogP contribution is -2.55. The number of benzene rings is 2. The quantitative estimate of drug-likeness (QED) is 0.403. The van der Waals surface area contributed by atoms with Crippen molar-refractivity contribution in [3.63, 3.8) is 0 Å². The summed E-state index contributed by atoms with van der Waals surface area (Å²) in [5, 5.41) is 18.3. The number of fused-ring (bicyclic) bond motifs is 1. The minimum atomic E-state index is -1.24. The maximum absolute atomic E-state index is 13.5. The van der Waals surface area contributed by atoms with Crippen molar-refractivity contribution in [3.05, 3.63) is 89.2 Å². The molecule has 1 heterocycles. The number of aryl methyl sites for hydroxylation is 1. The summed E-state index contributed by atoms with van der Waals surface area (Å²) in [6.07, 6.45) is 1.84. The minimum Gasteiger partial charge on any atom is -0.505 e. The van der Waals surface area contributed by atoms with E-state index in [1.165, 1.54) is 18.3 Å². The van der Waals surface area contributed by atoms with Crippen LogP contribution in [0.25, 0.3) is 0 Å². The summed E-state index contributed by atoms with van der Waals surface area (Å²) in [7, 11) is 0. The molecule has 4 N–H and O–H groups in total. The predicted octanol–water partition coefficient (Wildman–Crippen LogP) is 4.02. The summed E-state index contributed by atoms with van der Waals surface area (Å²) in [6, 6.07) is 17.4. The van der Waals surface area contributed by atoms with E-state index in [1.807, 2.05) is 24.3 Å². The number of aromatic hydroxyl groups is 1. The van der Waals surface area contributed by atoms with Crippen LogP contribution in [0.4, 0.5) is 10.5 Å². The number of amides is 3. The fraction of sp³-hybridized carbons (Fsp3) is 0.286. The average Bonchev–Trinajstić information content (AvgIpc) is 3.22. The van der Waals surface area contributed by atoms with E-state index >= 15 is 0 Å². The van der Waals surface area contributed by atoms with Crippen molar-refractivity contribution < 1.29 is 24.2 Å². The van der Waals surface area contributed by atoms with Crippen molar-refractivity contribution in [2.45, 2.75) is 51.3 Å². The Labute approximate surface area is 215 Å². The van der Waals surface area contributed by atoms with E-state index in [0.29, 0.717) is 18.5 Å². The van der Waals surface area contributed by atoms with E-state index in [4.69, 9.17) is 4.74 Å². The van der Waals surface area contributed by atoms with Crippen LogP contribution in [0.1, 0.15) is 54.4 Å². The van der Waals surface area contributed by atoms with Gasteiger partial charge in [0.25, 0.3) is 11.8 Å². The Morgan fingerprint density at radius 3 is 2.46 bits per heavy atom. The Kier molecular flexibility index (Phi) is 7.15. The Bertz CT molecular complexity index is 1320. The van der Waals surface area contributed by atoms with E-state index in [0.717, 1.165) is 16.7 Å². The molecule has 9 nitrogen and oxygen atoms in total. The molecule has 3 amide bonds. The van der Waals surface area contributed by atoms with Crippen LogP contribution in [0.2, 0.25) is 0 Å². The molecular weight excluding hydrogens is 472 g/mol. The molecule has 0 bridgehead atoms. The fourth-order valence-corrected chi connectivity index (χ4v) is 4.31. The van der Waals surface area contributed by atoms with Crippen LogP contribution in [-0.4, -0.2) is 33.6 Å². The molecule has 0 saturated heterocycles. The smallest absolute Gasteiger partial charge is 0.408 e. The highest BCUT2D eigenvalue weighted by Gasteiger charge is 2.47. The first kappa shape index (κ1) is 25.7. The molecule has 0 fully saturated rings. The van der Waals surface area contributed by atoms with Gasteiger partial charge in [-0.05, 0) is 74.6 Å². The molecule has 9 heteroatoms. The highest BCUT2D eigenvalue weighted by atomic mass is 16.6. The number of alkyl carbamates (subject to hydrolysis) is 1. The van der Waals surface area contributed by atoms with Gasteiger partial charge in [0.2, 0.25) is 0 Å². The van der Waals surface area contributed by atoms with Gasteiger partial charge < -0.3 is 25.8 Å². The SMILES string of the molecule is CC(C)(C)OC(=O)NC1(C(=O)NCc2ccc(NC(=O)c3ncccc3O)cc2)CCc2ccccc21. The zero-order chi connectivity index (χ0) is 26.6. The Balaban J connectivity index is 1.45. The number of aromatic nitrogens is 1. The number of hydrogen-bond donors (Lipinski definition) is 4. The average molecular weight is 503 g/mol. The van der Waals surface area contributed by atoms with Crippen LogP contribution in [0.3, 0.4) is 0 Å². The van der Waals surface area contributed by atoms with E-state index in [9.17, 15) is 19.5 Å². The molecule has 37 heavy (non-hydrogen) atoms. The molecule has 1 atom stereocenters. The van der Waals surface area contributed by atoms with Crippen molar-refractivity contribution in [1.82, 2.24) is 15.6 Å². The Morgan fingerprint density at radius 1 is 1.03 bits per heavy atom. The van der Waals surface area contributed by atoms with Crippen LogP contribution in [0.5, 0.6) is 5.75 Å². The summed E-state index contributed by atoms with van der Waals surface area (Å²) < 4.78 is 5.45. The molecule has 1 aromatic heterocycles. The summed E-state index contributed by atoms with van der Waals surface area (Å²) in [5.41, 5.74) is 1.06. The monoisotopic (exact) mass is 502 g/mol. The molecular formula is C28H30N4O5. The van der Waals surface area contributed by atoms with E-state index in [-0.39, 0.29) is 23.9 Å². The molecule has 0 aliphatic heterocycles. The predicted molar refractivity (Wildman–Crippen MR) is 138 cm³/mol. The van der Waals surface area contributed by atoms with Gasteiger partial charge in [0.05, 0.1) is 0 Å². The van der Waals surface area contributed by atoms with Gasteiger partial charge in [-0.15, -0.1) is 0 Å². The number of nitrogens with one attached hydrogen (secondary N) is 3. The second-order valence-electron chi connectivity index (χ2n) is 9.89. The number of nitrogens with zero attached hydrogens (tertiary/aromatic N) is 1. The van der Waals surface area contributed by atoms with Crippen molar-refractivity contribution in [1.29, 1.82) is 0 Å². The number of anilines is 1. The molecule has 2 aromatic carbocycles. The Hall–Kier alpha value is -4.40. The van der Waals surface area contributed by atoms with Gasteiger partial charge in [0.15, 0.2) is 5.69 Å². The highest BCUT2D eigenvalue weighted by molar-refractivity contribution is 6.04. The zero-order valence-electron chi connectivity index (χ0n) is 21.0. The van der Waals surface area contributed by atoms with Crippen molar-refractivity contribution in [2.75, 3.05) is 5.32 Å². The standard InChI is InChI=1S/C28H30N4O5/c1-27(2,3)37-26(36)32-28(15-14-19-7-4-5-8-21(19)28)25(35)30-17-18-10-12-20(13-11-18)31-24(34)23-22(33)9-6-16-29-23/h4-13,16,33H,14-15,17H2,1-3H3,(H,30,35)(H,31,34)(H,32,36). The van der Waals surface area contributed by atoms with Crippen molar-refractivity contribution in [2.24, 2.45) is 0 Å². The van der Waals surface area contributed by atoms with Crippen LogP contribution in [0, 0.1) is 0 Å². The number of carbonyl (C=O) groups is 3. The number of hydrogen-bond acceptors (Lipinski definition) is 6. The van der Waals surface area contributed by atoms with Gasteiger partial charge in [-0.2, -0.15) is 0 Å². The van der Waals surface area contributed by atoms with Gasteiger partial charge in [-0.1, -0.05) is 36.4 Å². The van der Waals surface area contributed by atoms with Gasteiger partial charge >= 0.3 is 6.09 Å². The molecule has 192 valence electrons. The third-order valence-corrected chi connectivity index (χ3v) is 6.01. The van der Waals surface area contributed by atoms with E-state index < -0.39 is 23.1 Å². The number of pyridine rings is 1. The first-order valence-corrected chi connectivity index (χ1v) is 12.0. The maximum Gasteiger partial charge on any atom is 0.408 e. The van der Waals surface area contributed by atoms with Gasteiger partial charge in [0.1, 0.15) is 16.9 Å². The number of carbonyl (C=O) groups excluding carboxylic acids is 3. The number of rotatable bonds is 6. The summed E-state index contributed by atoms with van der Waals surface area (Å²) in [4.78, 5) is 42.5. The van der Waals surface area contributed by atoms with Crippen molar-refractivity contribution in [3.8, 4) is 5.75 Å². The van der Waals surface area contributed by atoms with E-state index in [1.54, 1.807) is 45.0 Å². The normalized spacial score (nSPS) is 16.4. The fourth-order valence-electron chi connectivity index (χ4n) is 4.31. The third-order valence-electron chi connectivity index (χ3n) is 6.01. The molecule has 1 aliphatic carbocycles. The second kappa shape index (κ2) is 10.3. The van der Waals surface area contributed by atoms with Crippen molar-refractivity contribution >= 4 is 23.6 Å². The maximum atomic E-state index is 13.5. The molecule has 1 aliphatic rings. The zero-order valence-corrected chi connectivity index (χ0v) is 21.0. The molecule has 1 unspecified atom stereocenters. The minimum absolute atomic E-state index is 0.0709. The topological polar surface area (TPSA) is 130 Å². The molecule has 3 aromatic rings. The Morgan fingerprint density at radius 2 is 1.76 bits per heavy atom. The number of ether oxygens (including phenoxy) is 1. The third kappa shape index (κ3) is 5.88. The summed E-state index contributed by atoms with van der Waals surface area (Å²) in [5.74, 6) is -1.07. The van der Waals surface area contributed by atoms with Crippen LogP contribution in [-0.2, 0) is 28.0 Å². The molecule has 0 spiro atoms. The highest BCUT2D eigenvalue weighted by Crippen LogP contribution is 2.37. The first-order valence-electron chi connectivity index (χ1n) is 12.0. The summed E-state index contributed by atoms with van der Waals surface area (Å²) >= 11 is 0. The van der Waals surface area contributed by atoms with Crippen LogP contribution >= 0.6 is 0 Å². The molecule has 4 rings (SSSR count). The second-order valence-corrected chi connectivity index (χ2v) is 9.89. The van der Waals surface area contributed by atoms with Crippen LogP contribution in [0.15, 0.2) is 66.9 Å². The molecule has 0 saturated carbocycles. The van der Waals surface area contributed by atoms with Crippen LogP contribution < -0.4 is 16.0 Å².